The summed E-state index contributed by atoms with van der Waals surface area (Å²) < 4.78 is 23.0. The highest BCUT2D eigenvalue weighted by Crippen LogP contribution is 2.35. The van der Waals surface area contributed by atoms with Crippen molar-refractivity contribution in [2.75, 3.05) is 6.79 Å². The lowest BCUT2D eigenvalue weighted by Gasteiger charge is -1.99. The topological polar surface area (TPSA) is 18.5 Å². The van der Waals surface area contributed by atoms with E-state index in [0.29, 0.717) is 11.3 Å². The molecule has 1 aliphatic heterocycles. The second kappa shape index (κ2) is 5.05. The van der Waals surface area contributed by atoms with E-state index in [1.54, 1.807) is 6.07 Å². The fraction of sp³-hybridized carbons (Fsp3) is 0.400. The largest absolute Gasteiger partial charge is 0.453 e. The smallest absolute Gasteiger partial charge is 0.231 e. The van der Waals surface area contributed by atoms with Crippen LogP contribution < -0.4 is 9.47 Å². The van der Waals surface area contributed by atoms with Gasteiger partial charge in [0.25, 0.3) is 0 Å². The molecule has 0 bridgehead atoms. The lowest BCUT2D eigenvalue weighted by molar-refractivity contribution is 0.171. The Morgan fingerprint density at radius 1 is 1.36 bits per heavy atom. The van der Waals surface area contributed by atoms with Gasteiger partial charge in [-0.1, -0.05) is 13.8 Å². The molecule has 0 radical (unpaired) electrons. The maximum atomic E-state index is 13.1. The first-order valence-corrected chi connectivity index (χ1v) is 4.98. The number of hydrogen-bond acceptors (Lipinski definition) is 2. The maximum absolute atomic E-state index is 13.1. The van der Waals surface area contributed by atoms with Gasteiger partial charge < -0.3 is 9.47 Å². The van der Waals surface area contributed by atoms with Crippen molar-refractivity contribution < 1.29 is 13.9 Å². The first-order valence-electron chi connectivity index (χ1n) is 4.45. The number of fused-ring (bicyclic) bond motifs is 1. The summed E-state index contributed by atoms with van der Waals surface area (Å²) in [5, 5.41) is 0. The Kier molecular flexibility index (Phi) is 4.01. The second-order valence-electron chi connectivity index (χ2n) is 2.45. The number of benzene rings is 1. The molecular weight excluding hydrogens is 207 g/mol. The van der Waals surface area contributed by atoms with E-state index in [-0.39, 0.29) is 18.4 Å². The molecule has 14 heavy (non-hydrogen) atoms. The zero-order valence-corrected chi connectivity index (χ0v) is 8.90. The summed E-state index contributed by atoms with van der Waals surface area (Å²) >= 11 is 5.54. The van der Waals surface area contributed by atoms with Gasteiger partial charge in [-0.25, -0.2) is 4.39 Å². The van der Waals surface area contributed by atoms with E-state index < -0.39 is 5.82 Å². The van der Waals surface area contributed by atoms with Gasteiger partial charge in [0.15, 0.2) is 11.6 Å². The van der Waals surface area contributed by atoms with Crippen LogP contribution in [0.4, 0.5) is 4.39 Å². The van der Waals surface area contributed by atoms with E-state index in [4.69, 9.17) is 21.1 Å². The third-order valence-electron chi connectivity index (χ3n) is 1.64. The van der Waals surface area contributed by atoms with Crippen LogP contribution in [0.2, 0.25) is 0 Å². The lowest BCUT2D eigenvalue weighted by atomic mass is 10.2. The zero-order valence-electron chi connectivity index (χ0n) is 8.14. The summed E-state index contributed by atoms with van der Waals surface area (Å²) in [6.45, 7) is 4.08. The third kappa shape index (κ3) is 2.10. The molecule has 1 heterocycles. The van der Waals surface area contributed by atoms with Crippen LogP contribution >= 0.6 is 11.6 Å². The van der Waals surface area contributed by atoms with Gasteiger partial charge in [-0.2, -0.15) is 0 Å². The Bertz CT molecular complexity index is 315. The van der Waals surface area contributed by atoms with Crippen molar-refractivity contribution in [3.63, 3.8) is 0 Å². The van der Waals surface area contributed by atoms with E-state index in [1.165, 1.54) is 6.07 Å². The molecule has 0 unspecified atom stereocenters. The minimum atomic E-state index is -0.416. The first-order chi connectivity index (χ1) is 6.81. The van der Waals surface area contributed by atoms with E-state index in [0.717, 1.165) is 0 Å². The molecule has 0 amide bonds. The van der Waals surface area contributed by atoms with Gasteiger partial charge in [-0.3, -0.25) is 0 Å². The van der Waals surface area contributed by atoms with Crippen LogP contribution in [-0.4, -0.2) is 6.79 Å². The fourth-order valence-corrected chi connectivity index (χ4v) is 1.25. The Labute approximate surface area is 87.6 Å². The Hall–Kier alpha value is -0.960. The fourth-order valence-electron chi connectivity index (χ4n) is 1.10. The van der Waals surface area contributed by atoms with Gasteiger partial charge in [0.1, 0.15) is 0 Å². The van der Waals surface area contributed by atoms with Crippen molar-refractivity contribution in [1.82, 2.24) is 0 Å². The van der Waals surface area contributed by atoms with Gasteiger partial charge in [0, 0.05) is 5.88 Å². The summed E-state index contributed by atoms with van der Waals surface area (Å²) in [7, 11) is 0. The van der Waals surface area contributed by atoms with Gasteiger partial charge in [0.2, 0.25) is 12.5 Å². The van der Waals surface area contributed by atoms with Crippen LogP contribution in [0.3, 0.4) is 0 Å². The van der Waals surface area contributed by atoms with E-state index in [2.05, 4.69) is 0 Å². The molecule has 4 heteroatoms. The van der Waals surface area contributed by atoms with Crippen LogP contribution in [0.25, 0.3) is 0 Å². The average Bonchev–Trinajstić information content (AvgIpc) is 2.69. The Morgan fingerprint density at radius 3 is 2.71 bits per heavy atom. The van der Waals surface area contributed by atoms with Crippen molar-refractivity contribution in [1.29, 1.82) is 0 Å². The number of halogens is 2. The van der Waals surface area contributed by atoms with Crippen molar-refractivity contribution in [2.24, 2.45) is 0 Å². The Balaban J connectivity index is 0.000000461. The molecule has 0 saturated heterocycles. The molecule has 2 nitrogen and oxygen atoms in total. The minimum Gasteiger partial charge on any atom is -0.453 e. The molecule has 0 aromatic heterocycles. The van der Waals surface area contributed by atoms with Gasteiger partial charge in [-0.05, 0) is 17.7 Å². The van der Waals surface area contributed by atoms with Gasteiger partial charge in [-0.15, -0.1) is 11.6 Å². The molecule has 1 aromatic carbocycles. The minimum absolute atomic E-state index is 0.0813. The molecular formula is C10H12ClFO2. The van der Waals surface area contributed by atoms with Crippen LogP contribution in [0, 0.1) is 5.82 Å². The number of hydrogen-bond donors (Lipinski definition) is 0. The molecule has 78 valence electrons. The highest BCUT2D eigenvalue weighted by Gasteiger charge is 2.18. The molecule has 0 saturated carbocycles. The van der Waals surface area contributed by atoms with E-state index in [1.807, 2.05) is 13.8 Å². The SMILES string of the molecule is CC.Fc1cc(CCl)cc2c1OCO2. The predicted molar refractivity (Wildman–Crippen MR) is 53.4 cm³/mol. The van der Waals surface area contributed by atoms with Crippen LogP contribution in [0.5, 0.6) is 11.5 Å². The lowest BCUT2D eigenvalue weighted by Crippen LogP contribution is -1.93. The highest BCUT2D eigenvalue weighted by atomic mass is 35.5. The zero-order chi connectivity index (χ0) is 10.6. The molecule has 0 atom stereocenters. The highest BCUT2D eigenvalue weighted by molar-refractivity contribution is 6.17. The number of rotatable bonds is 1. The van der Waals surface area contributed by atoms with Crippen LogP contribution in [0.1, 0.15) is 19.4 Å². The van der Waals surface area contributed by atoms with Crippen molar-refractivity contribution in [3.05, 3.63) is 23.5 Å². The van der Waals surface area contributed by atoms with Gasteiger partial charge >= 0.3 is 0 Å². The Morgan fingerprint density at radius 2 is 2.07 bits per heavy atom. The number of ether oxygens (including phenoxy) is 2. The number of alkyl halides is 1. The third-order valence-corrected chi connectivity index (χ3v) is 1.95. The van der Waals surface area contributed by atoms with Crippen molar-refractivity contribution >= 4 is 11.6 Å². The summed E-state index contributed by atoms with van der Waals surface area (Å²) in [4.78, 5) is 0. The van der Waals surface area contributed by atoms with E-state index >= 15 is 0 Å². The van der Waals surface area contributed by atoms with Crippen LogP contribution in [0.15, 0.2) is 12.1 Å². The molecule has 1 aromatic rings. The summed E-state index contributed by atoms with van der Waals surface area (Å²) in [6, 6.07) is 3.03. The van der Waals surface area contributed by atoms with Crippen molar-refractivity contribution in [2.45, 2.75) is 19.7 Å². The normalized spacial score (nSPS) is 12.0. The molecule has 0 N–H and O–H groups in total. The monoisotopic (exact) mass is 218 g/mol. The molecule has 1 aliphatic rings. The van der Waals surface area contributed by atoms with Crippen LogP contribution in [-0.2, 0) is 5.88 Å². The molecule has 0 spiro atoms. The average molecular weight is 219 g/mol. The molecule has 2 rings (SSSR count). The quantitative estimate of drug-likeness (QED) is 0.674. The predicted octanol–water partition coefficient (Wildman–Crippen LogP) is 3.32. The van der Waals surface area contributed by atoms with Crippen molar-refractivity contribution in [3.8, 4) is 11.5 Å². The summed E-state index contributed by atoms with van der Waals surface area (Å²) in [5.74, 6) is 0.475. The standard InChI is InChI=1S/C8H6ClFO2.C2H6/c9-3-5-1-6(10)8-7(2-5)11-4-12-8;1-2/h1-2H,3-4H2;1-2H3. The maximum Gasteiger partial charge on any atom is 0.231 e. The summed E-state index contributed by atoms with van der Waals surface area (Å²) in [6.07, 6.45) is 0. The van der Waals surface area contributed by atoms with Gasteiger partial charge in [0.05, 0.1) is 0 Å². The molecule has 0 aliphatic carbocycles. The molecule has 0 fully saturated rings. The second-order valence-corrected chi connectivity index (χ2v) is 2.71. The summed E-state index contributed by atoms with van der Waals surface area (Å²) in [5.41, 5.74) is 0.693. The van der Waals surface area contributed by atoms with E-state index in [9.17, 15) is 4.39 Å². The first kappa shape index (κ1) is 11.1.